The minimum absolute atomic E-state index is 0.0718. The lowest BCUT2D eigenvalue weighted by Gasteiger charge is -2.15. The van der Waals surface area contributed by atoms with Crippen LogP contribution in [0.1, 0.15) is 18.4 Å². The van der Waals surface area contributed by atoms with E-state index in [0.717, 1.165) is 17.7 Å². The molecule has 0 spiro atoms. The van der Waals surface area contributed by atoms with E-state index >= 15 is 0 Å². The quantitative estimate of drug-likeness (QED) is 0.822. The first-order valence-corrected chi connectivity index (χ1v) is 7.53. The van der Waals surface area contributed by atoms with Crippen molar-refractivity contribution < 1.29 is 22.7 Å². The number of alkyl halides is 2. The Kier molecular flexibility index (Phi) is 6.23. The van der Waals surface area contributed by atoms with Gasteiger partial charge in [0.15, 0.2) is 0 Å². The number of hydrogen-bond acceptors (Lipinski definition) is 2. The number of hydrogen-bond donors (Lipinski definition) is 0. The van der Waals surface area contributed by atoms with Crippen LogP contribution < -0.4 is 9.64 Å². The predicted molar refractivity (Wildman–Crippen MR) is 85.8 cm³/mol. The Hall–Kier alpha value is -2.50. The molecule has 0 N–H and O–H groups in total. The molecule has 1 fully saturated rings. The molecule has 0 bridgehead atoms. The van der Waals surface area contributed by atoms with E-state index in [1.807, 2.05) is 13.0 Å². The summed E-state index contributed by atoms with van der Waals surface area (Å²) in [6.07, 6.45) is 1.39. The lowest BCUT2D eigenvalue weighted by Crippen LogP contribution is -2.23. The smallest absolute Gasteiger partial charge is 0.387 e. The topological polar surface area (TPSA) is 29.5 Å². The molecule has 0 radical (unpaired) electrons. The van der Waals surface area contributed by atoms with Gasteiger partial charge in [0.25, 0.3) is 0 Å². The molecule has 1 heterocycles. The van der Waals surface area contributed by atoms with Gasteiger partial charge in [-0.25, -0.2) is 4.39 Å². The van der Waals surface area contributed by atoms with Gasteiger partial charge in [-0.15, -0.1) is 0 Å². The van der Waals surface area contributed by atoms with Crippen LogP contribution in [0.15, 0.2) is 48.5 Å². The van der Waals surface area contributed by atoms with E-state index in [-0.39, 0.29) is 17.5 Å². The average molecular weight is 337 g/mol. The molecule has 1 amide bonds. The Balaban J connectivity index is 0.000000219. The lowest BCUT2D eigenvalue weighted by molar-refractivity contribution is -0.117. The van der Waals surface area contributed by atoms with Gasteiger partial charge in [-0.1, -0.05) is 12.1 Å². The molecule has 24 heavy (non-hydrogen) atoms. The van der Waals surface area contributed by atoms with E-state index in [2.05, 4.69) is 4.74 Å². The number of halogens is 3. The van der Waals surface area contributed by atoms with Crippen molar-refractivity contribution in [2.45, 2.75) is 26.4 Å². The third-order valence-corrected chi connectivity index (χ3v) is 3.43. The van der Waals surface area contributed by atoms with Gasteiger partial charge in [0, 0.05) is 18.7 Å². The second-order valence-electron chi connectivity index (χ2n) is 5.32. The van der Waals surface area contributed by atoms with Crippen LogP contribution in [0, 0.1) is 12.7 Å². The molecule has 0 aromatic heterocycles. The Morgan fingerprint density at radius 2 is 1.83 bits per heavy atom. The van der Waals surface area contributed by atoms with E-state index in [1.54, 1.807) is 23.1 Å². The Bertz CT molecular complexity index is 657. The third kappa shape index (κ3) is 5.30. The van der Waals surface area contributed by atoms with Crippen LogP contribution in [0.5, 0.6) is 5.75 Å². The lowest BCUT2D eigenvalue weighted by atomic mass is 10.2. The maximum atomic E-state index is 12.2. The van der Waals surface area contributed by atoms with Crippen LogP contribution in [0.3, 0.4) is 0 Å². The number of anilines is 1. The Labute approximate surface area is 138 Å². The van der Waals surface area contributed by atoms with Gasteiger partial charge in [0.2, 0.25) is 5.91 Å². The number of rotatable bonds is 3. The molecular formula is C18H18F3NO2. The molecule has 0 saturated carbocycles. The Morgan fingerprint density at radius 3 is 2.29 bits per heavy atom. The molecule has 0 aliphatic carbocycles. The summed E-state index contributed by atoms with van der Waals surface area (Å²) in [4.78, 5) is 13.1. The van der Waals surface area contributed by atoms with Gasteiger partial charge < -0.3 is 9.64 Å². The number of benzene rings is 2. The summed E-state index contributed by atoms with van der Waals surface area (Å²) in [6, 6.07) is 12.6. The molecular weight excluding hydrogens is 319 g/mol. The first-order valence-electron chi connectivity index (χ1n) is 7.53. The highest BCUT2D eigenvalue weighted by atomic mass is 19.3. The van der Waals surface area contributed by atoms with Crippen LogP contribution in [0.25, 0.3) is 0 Å². The number of amides is 1. The predicted octanol–water partition coefficient (Wildman–Crippen LogP) is 4.55. The normalized spacial score (nSPS) is 13.7. The van der Waals surface area contributed by atoms with Gasteiger partial charge in [-0.2, -0.15) is 8.78 Å². The molecule has 3 rings (SSSR count). The van der Waals surface area contributed by atoms with E-state index < -0.39 is 6.61 Å². The fraction of sp³-hybridized carbons (Fsp3) is 0.278. The minimum atomic E-state index is -2.82. The molecule has 6 heteroatoms. The second kappa shape index (κ2) is 8.38. The monoisotopic (exact) mass is 337 g/mol. The molecule has 1 saturated heterocycles. The van der Waals surface area contributed by atoms with Crippen LogP contribution in [-0.2, 0) is 4.79 Å². The van der Waals surface area contributed by atoms with E-state index in [1.165, 1.54) is 24.3 Å². The fourth-order valence-electron chi connectivity index (χ4n) is 2.33. The summed E-state index contributed by atoms with van der Waals surface area (Å²) in [7, 11) is 0. The minimum Gasteiger partial charge on any atom is -0.435 e. The van der Waals surface area contributed by atoms with Gasteiger partial charge in [-0.3, -0.25) is 4.79 Å². The highest BCUT2D eigenvalue weighted by Gasteiger charge is 2.21. The van der Waals surface area contributed by atoms with E-state index in [0.29, 0.717) is 13.0 Å². The van der Waals surface area contributed by atoms with Gasteiger partial charge >= 0.3 is 6.61 Å². The standard InChI is InChI=1S/C11H11F2NO2.C7H7F/c12-11(13)16-9-5-3-8(4-6-9)14-7-1-2-10(14)15;1-6-3-2-4-7(8)5-6/h3-6,11H,1-2,7H2;2-5H,1H3. The zero-order valence-electron chi connectivity index (χ0n) is 13.2. The molecule has 128 valence electrons. The largest absolute Gasteiger partial charge is 0.435 e. The first-order chi connectivity index (χ1) is 11.5. The van der Waals surface area contributed by atoms with Crippen LogP contribution >= 0.6 is 0 Å². The number of ether oxygens (including phenoxy) is 1. The molecule has 3 nitrogen and oxygen atoms in total. The van der Waals surface area contributed by atoms with Crippen molar-refractivity contribution >= 4 is 11.6 Å². The number of nitrogens with zero attached hydrogens (tertiary/aromatic N) is 1. The summed E-state index contributed by atoms with van der Waals surface area (Å²) >= 11 is 0. The number of carbonyl (C=O) groups excluding carboxylic acids is 1. The highest BCUT2D eigenvalue weighted by molar-refractivity contribution is 5.95. The summed E-state index contributed by atoms with van der Waals surface area (Å²) < 4.78 is 40.2. The zero-order valence-corrected chi connectivity index (χ0v) is 13.2. The van der Waals surface area contributed by atoms with Crippen molar-refractivity contribution in [3.05, 3.63) is 59.9 Å². The zero-order chi connectivity index (χ0) is 17.5. The van der Waals surface area contributed by atoms with Crippen molar-refractivity contribution in [3.63, 3.8) is 0 Å². The van der Waals surface area contributed by atoms with Crippen molar-refractivity contribution in [1.82, 2.24) is 0 Å². The average Bonchev–Trinajstić information content (AvgIpc) is 2.94. The van der Waals surface area contributed by atoms with Crippen LogP contribution in [-0.4, -0.2) is 19.1 Å². The van der Waals surface area contributed by atoms with Crippen molar-refractivity contribution in [1.29, 1.82) is 0 Å². The molecule has 0 unspecified atom stereocenters. The second-order valence-corrected chi connectivity index (χ2v) is 5.32. The fourth-order valence-corrected chi connectivity index (χ4v) is 2.33. The van der Waals surface area contributed by atoms with Gasteiger partial charge in [0.05, 0.1) is 0 Å². The summed E-state index contributed by atoms with van der Waals surface area (Å²) in [5.74, 6) is 0.0120. The van der Waals surface area contributed by atoms with Crippen LogP contribution in [0.2, 0.25) is 0 Å². The van der Waals surface area contributed by atoms with Gasteiger partial charge in [0.1, 0.15) is 11.6 Å². The molecule has 1 aliphatic rings. The molecule has 2 aromatic carbocycles. The molecule has 0 atom stereocenters. The van der Waals surface area contributed by atoms with Crippen LogP contribution in [0.4, 0.5) is 18.9 Å². The number of aryl methyl sites for hydroxylation is 1. The van der Waals surface area contributed by atoms with Crippen molar-refractivity contribution in [3.8, 4) is 5.75 Å². The van der Waals surface area contributed by atoms with Gasteiger partial charge in [-0.05, 0) is 55.3 Å². The summed E-state index contributed by atoms with van der Waals surface area (Å²) in [5, 5.41) is 0. The number of carbonyl (C=O) groups is 1. The Morgan fingerprint density at radius 1 is 1.12 bits per heavy atom. The SMILES string of the molecule is Cc1cccc(F)c1.O=C1CCCN1c1ccc(OC(F)F)cc1. The van der Waals surface area contributed by atoms with E-state index in [4.69, 9.17) is 0 Å². The highest BCUT2D eigenvalue weighted by Crippen LogP contribution is 2.24. The summed E-state index contributed by atoms with van der Waals surface area (Å²) in [5.41, 5.74) is 1.69. The van der Waals surface area contributed by atoms with E-state index in [9.17, 15) is 18.0 Å². The molecule has 1 aliphatic heterocycles. The maximum absolute atomic E-state index is 12.2. The van der Waals surface area contributed by atoms with Crippen molar-refractivity contribution in [2.24, 2.45) is 0 Å². The first kappa shape index (κ1) is 17.8. The maximum Gasteiger partial charge on any atom is 0.387 e. The molecule has 2 aromatic rings. The third-order valence-electron chi connectivity index (χ3n) is 3.43. The summed E-state index contributed by atoms with van der Waals surface area (Å²) in [6.45, 7) is -0.268. The van der Waals surface area contributed by atoms with Crippen molar-refractivity contribution in [2.75, 3.05) is 11.4 Å².